The van der Waals surface area contributed by atoms with Crippen molar-refractivity contribution in [1.82, 2.24) is 10.1 Å². The second-order valence-electron chi connectivity index (χ2n) is 4.39. The van der Waals surface area contributed by atoms with E-state index in [0.29, 0.717) is 28.2 Å². The van der Waals surface area contributed by atoms with Crippen LogP contribution >= 0.6 is 23.4 Å². The van der Waals surface area contributed by atoms with Gasteiger partial charge in [-0.2, -0.15) is 4.98 Å². The van der Waals surface area contributed by atoms with Crippen LogP contribution in [0.3, 0.4) is 0 Å². The van der Waals surface area contributed by atoms with Crippen LogP contribution in [0.4, 0.5) is 5.69 Å². The summed E-state index contributed by atoms with van der Waals surface area (Å²) in [6.07, 6.45) is 0. The molecule has 0 bridgehead atoms. The van der Waals surface area contributed by atoms with Crippen LogP contribution in [0.5, 0.6) is 0 Å². The summed E-state index contributed by atoms with van der Waals surface area (Å²) < 4.78 is 5.26. The molecule has 0 aliphatic carbocycles. The highest BCUT2D eigenvalue weighted by atomic mass is 35.5. The maximum atomic E-state index is 5.95. The van der Waals surface area contributed by atoms with Crippen LogP contribution < -0.4 is 5.73 Å². The Kier molecular flexibility index (Phi) is 4.13. The molecule has 2 N–H and O–H groups in total. The second-order valence-corrected chi connectivity index (χ2v) is 5.87. The topological polar surface area (TPSA) is 64.9 Å². The minimum absolute atomic E-state index is 0.476. The molecule has 3 rings (SSSR count). The van der Waals surface area contributed by atoms with E-state index in [1.807, 2.05) is 42.5 Å². The number of nitrogens with two attached hydrogens (primary N) is 1. The first-order chi connectivity index (χ1) is 10.2. The zero-order chi connectivity index (χ0) is 14.7. The summed E-state index contributed by atoms with van der Waals surface area (Å²) in [4.78, 5) is 5.44. The summed E-state index contributed by atoms with van der Waals surface area (Å²) in [6.45, 7) is 0. The van der Waals surface area contributed by atoms with Crippen molar-refractivity contribution in [2.45, 2.75) is 10.6 Å². The number of aromatic nitrogens is 2. The van der Waals surface area contributed by atoms with Gasteiger partial charge in [0.15, 0.2) is 5.82 Å². The third kappa shape index (κ3) is 3.56. The number of thioether (sulfide) groups is 1. The fourth-order valence-corrected chi connectivity index (χ4v) is 2.86. The van der Waals surface area contributed by atoms with Gasteiger partial charge in [0.2, 0.25) is 0 Å². The zero-order valence-corrected chi connectivity index (χ0v) is 12.6. The summed E-state index contributed by atoms with van der Waals surface area (Å²) in [5, 5.41) is 4.70. The lowest BCUT2D eigenvalue weighted by molar-refractivity contribution is 0.425. The van der Waals surface area contributed by atoms with Gasteiger partial charge in [-0.25, -0.2) is 0 Å². The van der Waals surface area contributed by atoms with Crippen molar-refractivity contribution < 1.29 is 4.52 Å². The molecular formula is C15H12ClN3OS. The highest BCUT2D eigenvalue weighted by Gasteiger charge is 2.09. The van der Waals surface area contributed by atoms with Gasteiger partial charge < -0.3 is 10.3 Å². The fraction of sp³-hybridized carbons (Fsp3) is 0.0667. The number of hydrogen-bond donors (Lipinski definition) is 1. The average molecular weight is 318 g/mol. The average Bonchev–Trinajstić information content (AvgIpc) is 2.94. The standard InChI is InChI=1S/C15H12ClN3OS/c16-11-4-2-6-13(8-11)21-9-14-18-15(20-19-14)10-3-1-5-12(17)7-10/h1-8H,9,17H2. The smallest absolute Gasteiger partial charge is 0.258 e. The molecule has 0 aliphatic heterocycles. The number of nitrogen functional groups attached to an aromatic ring is 1. The molecule has 0 atom stereocenters. The molecule has 0 radical (unpaired) electrons. The van der Waals surface area contributed by atoms with Gasteiger partial charge in [-0.3, -0.25) is 0 Å². The number of hydrogen-bond acceptors (Lipinski definition) is 5. The maximum Gasteiger partial charge on any atom is 0.258 e. The SMILES string of the molecule is Nc1cccc(-c2nc(CSc3cccc(Cl)c3)no2)c1. The van der Waals surface area contributed by atoms with Gasteiger partial charge in [0.05, 0.1) is 5.75 Å². The Morgan fingerprint density at radius 2 is 2.00 bits per heavy atom. The number of rotatable bonds is 4. The maximum absolute atomic E-state index is 5.95. The molecule has 1 aromatic heterocycles. The van der Waals surface area contributed by atoms with E-state index in [-0.39, 0.29) is 0 Å². The van der Waals surface area contributed by atoms with E-state index in [2.05, 4.69) is 10.1 Å². The van der Waals surface area contributed by atoms with Crippen molar-refractivity contribution in [2.24, 2.45) is 0 Å². The lowest BCUT2D eigenvalue weighted by Crippen LogP contribution is -1.86. The van der Waals surface area contributed by atoms with Crippen molar-refractivity contribution in [3.8, 4) is 11.5 Å². The molecule has 0 saturated heterocycles. The predicted octanol–water partition coefficient (Wildman–Crippen LogP) is 4.26. The number of nitrogens with zero attached hydrogens (tertiary/aromatic N) is 2. The van der Waals surface area contributed by atoms with E-state index in [4.69, 9.17) is 21.9 Å². The van der Waals surface area contributed by atoms with Crippen LogP contribution in [0.2, 0.25) is 5.02 Å². The van der Waals surface area contributed by atoms with Gasteiger partial charge in [0.25, 0.3) is 5.89 Å². The molecule has 0 saturated carbocycles. The quantitative estimate of drug-likeness (QED) is 0.575. The molecule has 0 unspecified atom stereocenters. The van der Waals surface area contributed by atoms with Crippen LogP contribution in [0.25, 0.3) is 11.5 Å². The van der Waals surface area contributed by atoms with E-state index in [1.165, 1.54) is 0 Å². The summed E-state index contributed by atoms with van der Waals surface area (Å²) in [6, 6.07) is 15.0. The molecular weight excluding hydrogens is 306 g/mol. The van der Waals surface area contributed by atoms with Gasteiger partial charge in [0.1, 0.15) is 0 Å². The Hall–Kier alpha value is -1.98. The highest BCUT2D eigenvalue weighted by Crippen LogP contribution is 2.25. The molecule has 1 heterocycles. The van der Waals surface area contributed by atoms with E-state index in [1.54, 1.807) is 17.8 Å². The van der Waals surface area contributed by atoms with Crippen molar-refractivity contribution >= 4 is 29.1 Å². The molecule has 6 heteroatoms. The molecule has 0 amide bonds. The Morgan fingerprint density at radius 3 is 2.81 bits per heavy atom. The van der Waals surface area contributed by atoms with Crippen LogP contribution in [0.15, 0.2) is 57.9 Å². The van der Waals surface area contributed by atoms with Crippen LogP contribution in [0.1, 0.15) is 5.82 Å². The summed E-state index contributed by atoms with van der Waals surface area (Å²) in [5.74, 6) is 1.73. The van der Waals surface area contributed by atoms with Crippen molar-refractivity contribution in [1.29, 1.82) is 0 Å². The zero-order valence-electron chi connectivity index (χ0n) is 11.0. The molecule has 0 aliphatic rings. The second kappa shape index (κ2) is 6.20. The van der Waals surface area contributed by atoms with Crippen LogP contribution in [-0.2, 0) is 5.75 Å². The highest BCUT2D eigenvalue weighted by molar-refractivity contribution is 7.98. The van der Waals surface area contributed by atoms with Gasteiger partial charge in [-0.05, 0) is 36.4 Å². The van der Waals surface area contributed by atoms with Crippen LogP contribution in [0, 0.1) is 0 Å². The van der Waals surface area contributed by atoms with E-state index in [0.717, 1.165) is 10.5 Å². The Labute approximate surface area is 131 Å². The summed E-state index contributed by atoms with van der Waals surface area (Å²) >= 11 is 7.56. The first kappa shape index (κ1) is 14.0. The molecule has 21 heavy (non-hydrogen) atoms. The largest absolute Gasteiger partial charge is 0.399 e. The monoisotopic (exact) mass is 317 g/mol. The molecule has 106 valence electrons. The molecule has 0 fully saturated rings. The third-order valence-electron chi connectivity index (χ3n) is 2.77. The van der Waals surface area contributed by atoms with Gasteiger partial charge in [0, 0.05) is 21.2 Å². The summed E-state index contributed by atoms with van der Waals surface area (Å²) in [5.41, 5.74) is 7.23. The Balaban J connectivity index is 1.71. The first-order valence-corrected chi connectivity index (χ1v) is 7.64. The van der Waals surface area contributed by atoms with E-state index >= 15 is 0 Å². The van der Waals surface area contributed by atoms with Gasteiger partial charge in [-0.15, -0.1) is 11.8 Å². The normalized spacial score (nSPS) is 10.7. The van der Waals surface area contributed by atoms with E-state index < -0.39 is 0 Å². The lowest BCUT2D eigenvalue weighted by atomic mass is 10.2. The minimum atomic E-state index is 0.476. The first-order valence-electron chi connectivity index (χ1n) is 6.27. The number of anilines is 1. The molecule has 4 nitrogen and oxygen atoms in total. The minimum Gasteiger partial charge on any atom is -0.399 e. The number of halogens is 1. The summed E-state index contributed by atoms with van der Waals surface area (Å²) in [7, 11) is 0. The van der Waals surface area contributed by atoms with Crippen LogP contribution in [-0.4, -0.2) is 10.1 Å². The molecule has 3 aromatic rings. The van der Waals surface area contributed by atoms with Gasteiger partial charge >= 0.3 is 0 Å². The van der Waals surface area contributed by atoms with Gasteiger partial charge in [-0.1, -0.05) is 28.9 Å². The molecule has 2 aromatic carbocycles. The van der Waals surface area contributed by atoms with E-state index in [9.17, 15) is 0 Å². The predicted molar refractivity (Wildman–Crippen MR) is 85.2 cm³/mol. The van der Waals surface area contributed by atoms with Crippen molar-refractivity contribution in [3.63, 3.8) is 0 Å². The molecule has 0 spiro atoms. The fourth-order valence-electron chi connectivity index (χ4n) is 1.81. The van der Waals surface area contributed by atoms with Crippen molar-refractivity contribution in [3.05, 3.63) is 59.4 Å². The van der Waals surface area contributed by atoms with Crippen molar-refractivity contribution in [2.75, 3.05) is 5.73 Å². The Morgan fingerprint density at radius 1 is 1.14 bits per heavy atom. The Bertz CT molecular complexity index is 760. The lowest BCUT2D eigenvalue weighted by Gasteiger charge is -1.98. The number of benzene rings is 2. The third-order valence-corrected chi connectivity index (χ3v) is 3.99.